The van der Waals surface area contributed by atoms with Crippen molar-refractivity contribution in [2.24, 2.45) is 0 Å². The van der Waals surface area contributed by atoms with Crippen LogP contribution in [0, 0.1) is 11.3 Å². The van der Waals surface area contributed by atoms with Gasteiger partial charge in [0.2, 0.25) is 0 Å². The molecule has 9 nitrogen and oxygen atoms in total. The van der Waals surface area contributed by atoms with Crippen LogP contribution in [-0.2, 0) is 4.74 Å². The summed E-state index contributed by atoms with van der Waals surface area (Å²) in [4.78, 5) is 8.00. The van der Waals surface area contributed by atoms with Crippen LogP contribution in [0.25, 0.3) is 0 Å². The van der Waals surface area contributed by atoms with Crippen LogP contribution in [0.15, 0.2) is 23.1 Å². The van der Waals surface area contributed by atoms with Gasteiger partial charge in [-0.15, -0.1) is 10.2 Å². The largest absolute Gasteiger partial charge is 0.488 e. The number of anilines is 2. The summed E-state index contributed by atoms with van der Waals surface area (Å²) >= 11 is 3.31. The van der Waals surface area contributed by atoms with Crippen molar-refractivity contribution in [2.45, 2.75) is 6.10 Å². The van der Waals surface area contributed by atoms with Crippen molar-refractivity contribution in [1.82, 2.24) is 25.5 Å². The lowest BCUT2D eigenvalue weighted by molar-refractivity contribution is -0.0000622. The van der Waals surface area contributed by atoms with Crippen molar-refractivity contribution in [3.8, 4) is 11.8 Å². The molecule has 0 radical (unpaired) electrons. The molecule has 0 aromatic carbocycles. The SMILES string of the molecule is N#Cc1cnc(Nc2cc(OCC3CNCCO3)c(Br)nn2)cn1. The van der Waals surface area contributed by atoms with Gasteiger partial charge in [0.1, 0.15) is 24.6 Å². The Morgan fingerprint density at radius 3 is 3.00 bits per heavy atom. The number of ether oxygens (including phenoxy) is 2. The van der Waals surface area contributed by atoms with Crippen molar-refractivity contribution < 1.29 is 9.47 Å². The monoisotopic (exact) mass is 391 g/mol. The quantitative estimate of drug-likeness (QED) is 0.769. The topological polar surface area (TPSA) is 118 Å². The van der Waals surface area contributed by atoms with Crippen molar-refractivity contribution in [3.63, 3.8) is 0 Å². The number of halogens is 1. The third-order valence-corrected chi connectivity index (χ3v) is 3.72. The summed E-state index contributed by atoms with van der Waals surface area (Å²) in [7, 11) is 0. The summed E-state index contributed by atoms with van der Waals surface area (Å²) in [5.41, 5.74) is 0.243. The van der Waals surface area contributed by atoms with Crippen LogP contribution in [-0.4, -0.2) is 52.6 Å². The molecule has 1 unspecified atom stereocenters. The molecule has 24 heavy (non-hydrogen) atoms. The van der Waals surface area contributed by atoms with Gasteiger partial charge in [-0.2, -0.15) is 5.26 Å². The molecule has 1 aliphatic rings. The van der Waals surface area contributed by atoms with Crippen molar-refractivity contribution in [2.75, 3.05) is 31.6 Å². The lowest BCUT2D eigenvalue weighted by Gasteiger charge is -2.23. The van der Waals surface area contributed by atoms with Crippen LogP contribution in [0.5, 0.6) is 5.75 Å². The van der Waals surface area contributed by atoms with Gasteiger partial charge in [0, 0.05) is 19.2 Å². The summed E-state index contributed by atoms with van der Waals surface area (Å²) in [5.74, 6) is 1.45. The van der Waals surface area contributed by atoms with E-state index in [0.717, 1.165) is 13.1 Å². The average molecular weight is 392 g/mol. The predicted octanol–water partition coefficient (Wildman–Crippen LogP) is 1.01. The van der Waals surface area contributed by atoms with Crippen LogP contribution in [0.4, 0.5) is 11.6 Å². The molecule has 1 aliphatic heterocycles. The summed E-state index contributed by atoms with van der Waals surface area (Å²) in [6.45, 7) is 2.69. The van der Waals surface area contributed by atoms with Gasteiger partial charge in [0.25, 0.3) is 0 Å². The van der Waals surface area contributed by atoms with Crippen molar-refractivity contribution in [3.05, 3.63) is 28.8 Å². The van der Waals surface area contributed by atoms with Gasteiger partial charge in [0.05, 0.1) is 19.0 Å². The van der Waals surface area contributed by atoms with Crippen LogP contribution in [0.3, 0.4) is 0 Å². The third-order valence-electron chi connectivity index (χ3n) is 3.17. The molecule has 1 saturated heterocycles. The Labute approximate surface area is 146 Å². The van der Waals surface area contributed by atoms with Crippen LogP contribution in [0.1, 0.15) is 5.69 Å². The first-order valence-corrected chi connectivity index (χ1v) is 8.01. The Morgan fingerprint density at radius 2 is 2.29 bits per heavy atom. The van der Waals surface area contributed by atoms with Gasteiger partial charge in [0.15, 0.2) is 21.9 Å². The molecule has 10 heteroatoms. The van der Waals surface area contributed by atoms with Crippen molar-refractivity contribution >= 4 is 27.6 Å². The molecule has 0 amide bonds. The maximum atomic E-state index is 8.72. The second-order valence-electron chi connectivity index (χ2n) is 4.92. The molecule has 1 atom stereocenters. The van der Waals surface area contributed by atoms with E-state index in [1.165, 1.54) is 12.4 Å². The summed E-state index contributed by atoms with van der Waals surface area (Å²) in [6, 6.07) is 3.61. The molecule has 3 heterocycles. The van der Waals surface area contributed by atoms with Gasteiger partial charge >= 0.3 is 0 Å². The third kappa shape index (κ3) is 4.35. The van der Waals surface area contributed by atoms with E-state index in [-0.39, 0.29) is 11.8 Å². The number of aromatic nitrogens is 4. The van der Waals surface area contributed by atoms with E-state index in [1.54, 1.807) is 6.07 Å². The minimum atomic E-state index is -0.000354. The normalized spacial score (nSPS) is 17.1. The van der Waals surface area contributed by atoms with E-state index in [4.69, 9.17) is 14.7 Å². The molecule has 2 aromatic rings. The highest BCUT2D eigenvalue weighted by atomic mass is 79.9. The summed E-state index contributed by atoms with van der Waals surface area (Å²) in [5, 5.41) is 22.9. The zero-order valence-electron chi connectivity index (χ0n) is 12.6. The predicted molar refractivity (Wildman–Crippen MR) is 87.9 cm³/mol. The first-order chi connectivity index (χ1) is 11.7. The molecule has 2 N–H and O–H groups in total. The van der Waals surface area contributed by atoms with Crippen LogP contribution in [0.2, 0.25) is 0 Å². The standard InChI is InChI=1S/C14H14BrN7O2/c15-14-11(24-8-10-6-17-1-2-23-10)3-12(21-22-14)20-13-7-18-9(4-16)5-19-13/h3,5,7,10,17H,1-2,6,8H2,(H,19,20,21). The number of nitrogens with zero attached hydrogens (tertiary/aromatic N) is 5. The first kappa shape index (κ1) is 16.5. The highest BCUT2D eigenvalue weighted by Gasteiger charge is 2.15. The summed E-state index contributed by atoms with van der Waals surface area (Å²) in [6.07, 6.45) is 2.82. The molecular formula is C14H14BrN7O2. The molecule has 124 valence electrons. The van der Waals surface area contributed by atoms with Crippen molar-refractivity contribution in [1.29, 1.82) is 5.26 Å². The molecule has 0 bridgehead atoms. The summed E-state index contributed by atoms with van der Waals surface area (Å²) < 4.78 is 11.8. The first-order valence-electron chi connectivity index (χ1n) is 7.22. The maximum absolute atomic E-state index is 8.72. The zero-order valence-corrected chi connectivity index (χ0v) is 14.2. The zero-order chi connectivity index (χ0) is 16.8. The number of rotatable bonds is 5. The lowest BCUT2D eigenvalue weighted by Crippen LogP contribution is -2.41. The van der Waals surface area contributed by atoms with Crippen LogP contribution >= 0.6 is 15.9 Å². The van der Waals surface area contributed by atoms with Gasteiger partial charge in [-0.05, 0) is 15.9 Å². The molecule has 2 aromatic heterocycles. The molecule has 0 spiro atoms. The Hall–Kier alpha value is -2.35. The maximum Gasteiger partial charge on any atom is 0.170 e. The fraction of sp³-hybridized carbons (Fsp3) is 0.357. The number of nitriles is 1. The second kappa shape index (κ2) is 7.96. The Bertz CT molecular complexity index is 729. The average Bonchev–Trinajstić information content (AvgIpc) is 2.63. The number of nitrogens with one attached hydrogen (secondary N) is 2. The fourth-order valence-corrected chi connectivity index (χ4v) is 2.32. The smallest absolute Gasteiger partial charge is 0.170 e. The highest BCUT2D eigenvalue weighted by Crippen LogP contribution is 2.25. The molecule has 0 saturated carbocycles. The Morgan fingerprint density at radius 1 is 1.38 bits per heavy atom. The van der Waals surface area contributed by atoms with Gasteiger partial charge in [-0.3, -0.25) is 0 Å². The van der Waals surface area contributed by atoms with E-state index in [2.05, 4.69) is 46.7 Å². The van der Waals surface area contributed by atoms with Gasteiger partial charge in [-0.25, -0.2) is 9.97 Å². The fourth-order valence-electron chi connectivity index (χ4n) is 2.01. The van der Waals surface area contributed by atoms with Gasteiger partial charge in [-0.1, -0.05) is 0 Å². The van der Waals surface area contributed by atoms with E-state index >= 15 is 0 Å². The van der Waals surface area contributed by atoms with E-state index in [0.29, 0.717) is 35.2 Å². The Balaban J connectivity index is 1.65. The molecule has 3 rings (SSSR count). The second-order valence-corrected chi connectivity index (χ2v) is 5.67. The minimum Gasteiger partial charge on any atom is -0.488 e. The number of hydrogen-bond donors (Lipinski definition) is 2. The highest BCUT2D eigenvalue weighted by molar-refractivity contribution is 9.10. The lowest BCUT2D eigenvalue weighted by atomic mass is 10.3. The molecular weight excluding hydrogens is 378 g/mol. The number of hydrogen-bond acceptors (Lipinski definition) is 9. The Kier molecular flexibility index (Phi) is 5.47. The minimum absolute atomic E-state index is 0.000354. The van der Waals surface area contributed by atoms with Gasteiger partial charge < -0.3 is 20.1 Å². The van der Waals surface area contributed by atoms with E-state index in [9.17, 15) is 0 Å². The van der Waals surface area contributed by atoms with E-state index in [1.807, 2.05) is 6.07 Å². The molecule has 0 aliphatic carbocycles. The molecule has 1 fully saturated rings. The number of morpholine rings is 1. The van der Waals surface area contributed by atoms with Crippen LogP contribution < -0.4 is 15.4 Å². The van der Waals surface area contributed by atoms with E-state index < -0.39 is 0 Å².